The van der Waals surface area contributed by atoms with E-state index in [4.69, 9.17) is 10.3 Å². The van der Waals surface area contributed by atoms with Gasteiger partial charge in [0.2, 0.25) is 11.7 Å². The molecule has 0 aliphatic carbocycles. The van der Waals surface area contributed by atoms with Gasteiger partial charge in [-0.1, -0.05) is 19.0 Å². The summed E-state index contributed by atoms with van der Waals surface area (Å²) in [5, 5.41) is 6.02. The van der Waals surface area contributed by atoms with E-state index >= 15 is 0 Å². The number of pyridine rings is 1. The molecule has 0 spiro atoms. The fourth-order valence-corrected chi connectivity index (χ4v) is 2.86. The van der Waals surface area contributed by atoms with Gasteiger partial charge in [0.1, 0.15) is 0 Å². The van der Waals surface area contributed by atoms with Gasteiger partial charge in [0.05, 0.1) is 16.3 Å². The van der Waals surface area contributed by atoms with Crippen molar-refractivity contribution < 1.29 is 4.52 Å². The number of nitrogens with two attached hydrogens (primary N) is 1. The predicted octanol–water partition coefficient (Wildman–Crippen LogP) is 3.39. The van der Waals surface area contributed by atoms with Gasteiger partial charge >= 0.3 is 0 Å². The molecule has 5 nitrogen and oxygen atoms in total. The summed E-state index contributed by atoms with van der Waals surface area (Å²) in [5.74, 6) is 1.52. The second kappa shape index (κ2) is 5.30. The Morgan fingerprint density at radius 3 is 3.05 bits per heavy atom. The Balaban J connectivity index is 1.88. The van der Waals surface area contributed by atoms with Crippen molar-refractivity contribution in [3.63, 3.8) is 0 Å². The second-order valence-corrected chi connectivity index (χ2v) is 6.17. The van der Waals surface area contributed by atoms with Crippen LogP contribution in [0.4, 0.5) is 0 Å². The van der Waals surface area contributed by atoms with Crippen LogP contribution in [0.5, 0.6) is 0 Å². The molecule has 6 heteroatoms. The Morgan fingerprint density at radius 2 is 2.25 bits per heavy atom. The lowest BCUT2D eigenvalue weighted by molar-refractivity contribution is 0.335. The zero-order valence-electron chi connectivity index (χ0n) is 11.4. The molecule has 3 heterocycles. The zero-order chi connectivity index (χ0) is 14.1. The maximum absolute atomic E-state index is 6.05. The number of hydrogen-bond donors (Lipinski definition) is 1. The fourth-order valence-electron chi connectivity index (χ4n) is 2.08. The van der Waals surface area contributed by atoms with Crippen molar-refractivity contribution in [1.82, 2.24) is 15.1 Å². The molecule has 104 valence electrons. The number of thiophene rings is 1. The highest BCUT2D eigenvalue weighted by Crippen LogP contribution is 2.25. The van der Waals surface area contributed by atoms with Gasteiger partial charge in [0, 0.05) is 11.8 Å². The quantitative estimate of drug-likeness (QED) is 0.796. The van der Waals surface area contributed by atoms with Crippen LogP contribution >= 0.6 is 11.3 Å². The summed E-state index contributed by atoms with van der Waals surface area (Å²) >= 11 is 1.64. The van der Waals surface area contributed by atoms with Crippen LogP contribution < -0.4 is 5.73 Å². The summed E-state index contributed by atoms with van der Waals surface area (Å²) in [6.07, 6.45) is 2.58. The van der Waals surface area contributed by atoms with Crippen LogP contribution in [0.25, 0.3) is 21.6 Å². The molecule has 20 heavy (non-hydrogen) atoms. The Morgan fingerprint density at radius 1 is 1.40 bits per heavy atom. The first-order valence-corrected chi connectivity index (χ1v) is 7.44. The van der Waals surface area contributed by atoms with E-state index in [2.05, 4.69) is 29.0 Å². The van der Waals surface area contributed by atoms with Crippen LogP contribution in [0.3, 0.4) is 0 Å². The molecular formula is C14H16N4OS. The number of fused-ring (bicyclic) bond motifs is 1. The lowest BCUT2D eigenvalue weighted by Gasteiger charge is -2.08. The van der Waals surface area contributed by atoms with Gasteiger partial charge in [-0.2, -0.15) is 4.98 Å². The minimum Gasteiger partial charge on any atom is -0.337 e. The topological polar surface area (TPSA) is 77.8 Å². The van der Waals surface area contributed by atoms with E-state index in [1.807, 2.05) is 17.5 Å². The van der Waals surface area contributed by atoms with Gasteiger partial charge in [0.25, 0.3) is 0 Å². The van der Waals surface area contributed by atoms with Gasteiger partial charge in [-0.05, 0) is 29.9 Å². The zero-order valence-corrected chi connectivity index (χ0v) is 12.2. The predicted molar refractivity (Wildman–Crippen MR) is 79.3 cm³/mol. The third-order valence-electron chi connectivity index (χ3n) is 3.05. The van der Waals surface area contributed by atoms with Crippen LogP contribution in [0.15, 0.2) is 28.2 Å². The number of nitrogens with zero attached hydrogens (tertiary/aromatic N) is 3. The average molecular weight is 288 g/mol. The molecule has 0 radical (unpaired) electrons. The Bertz CT molecular complexity index is 719. The van der Waals surface area contributed by atoms with E-state index in [1.54, 1.807) is 17.5 Å². The maximum atomic E-state index is 6.05. The molecule has 0 aliphatic heterocycles. The van der Waals surface area contributed by atoms with E-state index in [0.29, 0.717) is 17.6 Å². The molecule has 1 atom stereocenters. The molecule has 0 aromatic carbocycles. The lowest BCUT2D eigenvalue weighted by Crippen LogP contribution is -2.13. The highest BCUT2D eigenvalue weighted by Gasteiger charge is 2.17. The molecule has 0 fully saturated rings. The van der Waals surface area contributed by atoms with Crippen molar-refractivity contribution in [1.29, 1.82) is 0 Å². The van der Waals surface area contributed by atoms with Crippen molar-refractivity contribution in [3.8, 4) is 11.4 Å². The summed E-state index contributed by atoms with van der Waals surface area (Å²) < 4.78 is 6.38. The molecular weight excluding hydrogens is 272 g/mol. The Hall–Kier alpha value is -1.79. The SMILES string of the molecule is CC(C)CC(N)c1nc(-c2cnc3ccsc3c2)no1. The number of hydrogen-bond acceptors (Lipinski definition) is 6. The van der Waals surface area contributed by atoms with Crippen LogP contribution in [0.1, 0.15) is 32.2 Å². The summed E-state index contributed by atoms with van der Waals surface area (Å²) in [7, 11) is 0. The first-order valence-electron chi connectivity index (χ1n) is 6.56. The second-order valence-electron chi connectivity index (χ2n) is 5.22. The highest BCUT2D eigenvalue weighted by molar-refractivity contribution is 7.17. The molecule has 0 bridgehead atoms. The van der Waals surface area contributed by atoms with Crippen molar-refractivity contribution in [3.05, 3.63) is 29.6 Å². The first-order chi connectivity index (χ1) is 9.63. The van der Waals surface area contributed by atoms with Crippen molar-refractivity contribution in [2.75, 3.05) is 0 Å². The van der Waals surface area contributed by atoms with Gasteiger partial charge in [-0.25, -0.2) is 0 Å². The van der Waals surface area contributed by atoms with E-state index < -0.39 is 0 Å². The molecule has 0 saturated carbocycles. The van der Waals surface area contributed by atoms with Gasteiger partial charge < -0.3 is 10.3 Å². The molecule has 1 unspecified atom stereocenters. The first kappa shape index (κ1) is 13.2. The Labute approximate surface area is 120 Å². The minimum atomic E-state index is -0.213. The summed E-state index contributed by atoms with van der Waals surface area (Å²) in [4.78, 5) is 8.76. The van der Waals surface area contributed by atoms with Crippen molar-refractivity contribution in [2.45, 2.75) is 26.3 Å². The Kier molecular flexibility index (Phi) is 3.50. The van der Waals surface area contributed by atoms with E-state index in [-0.39, 0.29) is 6.04 Å². The van der Waals surface area contributed by atoms with E-state index in [0.717, 1.165) is 22.2 Å². The van der Waals surface area contributed by atoms with Crippen molar-refractivity contribution in [2.24, 2.45) is 11.7 Å². The largest absolute Gasteiger partial charge is 0.337 e. The van der Waals surface area contributed by atoms with Crippen LogP contribution in [0, 0.1) is 5.92 Å². The highest BCUT2D eigenvalue weighted by atomic mass is 32.1. The monoisotopic (exact) mass is 288 g/mol. The van der Waals surface area contributed by atoms with E-state index in [9.17, 15) is 0 Å². The molecule has 0 amide bonds. The normalized spacial score (nSPS) is 13.2. The average Bonchev–Trinajstić information content (AvgIpc) is 3.06. The third-order valence-corrected chi connectivity index (χ3v) is 3.90. The van der Waals surface area contributed by atoms with Gasteiger partial charge in [-0.3, -0.25) is 4.98 Å². The maximum Gasteiger partial charge on any atom is 0.243 e. The molecule has 2 N–H and O–H groups in total. The van der Waals surface area contributed by atoms with Crippen molar-refractivity contribution >= 4 is 21.6 Å². The summed E-state index contributed by atoms with van der Waals surface area (Å²) in [5.41, 5.74) is 7.89. The van der Waals surface area contributed by atoms with Crippen LogP contribution in [-0.4, -0.2) is 15.1 Å². The molecule has 3 aromatic rings. The van der Waals surface area contributed by atoms with Gasteiger partial charge in [-0.15, -0.1) is 11.3 Å². The third kappa shape index (κ3) is 2.57. The number of rotatable bonds is 4. The van der Waals surface area contributed by atoms with Crippen LogP contribution in [-0.2, 0) is 0 Å². The summed E-state index contributed by atoms with van der Waals surface area (Å²) in [6, 6.07) is 3.80. The smallest absolute Gasteiger partial charge is 0.243 e. The molecule has 3 aromatic heterocycles. The molecule has 0 aliphatic rings. The number of aromatic nitrogens is 3. The minimum absolute atomic E-state index is 0.213. The summed E-state index contributed by atoms with van der Waals surface area (Å²) in [6.45, 7) is 4.23. The fraction of sp³-hybridized carbons (Fsp3) is 0.357. The van der Waals surface area contributed by atoms with E-state index in [1.165, 1.54) is 0 Å². The lowest BCUT2D eigenvalue weighted by atomic mass is 10.0. The standard InChI is InChI=1S/C14H16N4OS/c1-8(2)5-10(15)14-17-13(18-19-14)9-6-12-11(16-7-9)3-4-20-12/h3-4,6-8,10H,5,15H2,1-2H3. The van der Waals surface area contributed by atoms with Crippen LogP contribution in [0.2, 0.25) is 0 Å². The molecule has 0 saturated heterocycles. The molecule has 3 rings (SSSR count). The van der Waals surface area contributed by atoms with Gasteiger partial charge in [0.15, 0.2) is 0 Å².